The summed E-state index contributed by atoms with van der Waals surface area (Å²) >= 11 is 0. The molecule has 0 spiro atoms. The number of aliphatic hydroxyl groups excluding tert-OH is 1. The second kappa shape index (κ2) is 7.09. The van der Waals surface area contributed by atoms with Crippen LogP contribution in [0.2, 0.25) is 0 Å². The molecule has 1 atom stereocenters. The summed E-state index contributed by atoms with van der Waals surface area (Å²) in [5.74, 6) is -1.15. The molecule has 1 rings (SSSR count). The lowest BCUT2D eigenvalue weighted by molar-refractivity contribution is -0.146. The molecule has 0 heterocycles. The topological polar surface area (TPSA) is 57.5 Å². The number of carboxylic acid groups (broad SMARTS) is 1. The molecule has 0 bridgehead atoms. The zero-order valence-electron chi connectivity index (χ0n) is 8.47. The molecule has 1 aromatic carbocycles. The molecule has 78 valence electrons. The Morgan fingerprint density at radius 1 is 1.36 bits per heavy atom. The van der Waals surface area contributed by atoms with Crippen molar-refractivity contribution in [3.05, 3.63) is 35.9 Å². The van der Waals surface area contributed by atoms with Gasteiger partial charge in [0.25, 0.3) is 0 Å². The van der Waals surface area contributed by atoms with Gasteiger partial charge in [0.05, 0.1) is 0 Å². The molecule has 3 heteroatoms. The van der Waals surface area contributed by atoms with E-state index < -0.39 is 12.1 Å². The van der Waals surface area contributed by atoms with Crippen molar-refractivity contribution in [1.29, 1.82) is 0 Å². The smallest absolute Gasteiger partial charge is 0.332 e. The van der Waals surface area contributed by atoms with Crippen molar-refractivity contribution < 1.29 is 15.0 Å². The molecule has 2 N–H and O–H groups in total. The van der Waals surface area contributed by atoms with Gasteiger partial charge in [-0.15, -0.1) is 0 Å². The maximum Gasteiger partial charge on any atom is 0.332 e. The Balaban J connectivity index is 0.000000241. The fourth-order valence-electron chi connectivity index (χ4n) is 0.709. The summed E-state index contributed by atoms with van der Waals surface area (Å²) in [6.07, 6.45) is -0.907. The van der Waals surface area contributed by atoms with Gasteiger partial charge in [-0.25, -0.2) is 4.79 Å². The fourth-order valence-corrected chi connectivity index (χ4v) is 0.709. The number of rotatable bonds is 2. The minimum absolute atomic E-state index is 0.273. The van der Waals surface area contributed by atoms with Crippen LogP contribution in [0, 0.1) is 6.92 Å². The van der Waals surface area contributed by atoms with Gasteiger partial charge < -0.3 is 10.2 Å². The summed E-state index contributed by atoms with van der Waals surface area (Å²) < 4.78 is 0. The summed E-state index contributed by atoms with van der Waals surface area (Å²) in [5.41, 5.74) is 1.32. The quantitative estimate of drug-likeness (QED) is 0.758. The van der Waals surface area contributed by atoms with Crippen LogP contribution < -0.4 is 0 Å². The molecule has 0 amide bonds. The molecule has 3 nitrogen and oxygen atoms in total. The zero-order valence-corrected chi connectivity index (χ0v) is 8.47. The number of hydrogen-bond donors (Lipinski definition) is 2. The van der Waals surface area contributed by atoms with E-state index in [2.05, 4.69) is 19.1 Å². The van der Waals surface area contributed by atoms with Gasteiger partial charge >= 0.3 is 5.97 Å². The van der Waals surface area contributed by atoms with Crippen LogP contribution >= 0.6 is 0 Å². The Bertz CT molecular complexity index is 256. The van der Waals surface area contributed by atoms with Crippen LogP contribution in [0.25, 0.3) is 0 Å². The van der Waals surface area contributed by atoms with Gasteiger partial charge in [-0.2, -0.15) is 0 Å². The van der Waals surface area contributed by atoms with Gasteiger partial charge in [-0.1, -0.05) is 42.8 Å². The summed E-state index contributed by atoms with van der Waals surface area (Å²) in [4.78, 5) is 9.68. The van der Waals surface area contributed by atoms with Gasteiger partial charge in [-0.05, 0) is 13.3 Å². The molecule has 0 aliphatic heterocycles. The molecule has 0 saturated carbocycles. The van der Waals surface area contributed by atoms with E-state index in [9.17, 15) is 4.79 Å². The predicted molar refractivity (Wildman–Crippen MR) is 55.1 cm³/mol. The number of aliphatic hydroxyl groups is 1. The van der Waals surface area contributed by atoms with Crippen LogP contribution in [0.15, 0.2) is 30.3 Å². The maximum atomic E-state index is 9.68. The lowest BCUT2D eigenvalue weighted by atomic mass is 10.2. The van der Waals surface area contributed by atoms with E-state index in [-0.39, 0.29) is 6.42 Å². The summed E-state index contributed by atoms with van der Waals surface area (Å²) in [7, 11) is 0. The third-order valence-corrected chi connectivity index (χ3v) is 1.61. The first-order valence-electron chi connectivity index (χ1n) is 4.50. The summed E-state index contributed by atoms with van der Waals surface area (Å²) in [6.45, 7) is 3.69. The Kier molecular flexibility index (Phi) is 6.41. The number of carbonyl (C=O) groups is 1. The number of hydrogen-bond acceptors (Lipinski definition) is 2. The molecule has 0 saturated heterocycles. The highest BCUT2D eigenvalue weighted by Gasteiger charge is 2.07. The summed E-state index contributed by atoms with van der Waals surface area (Å²) in [6, 6.07) is 10.3. The maximum absolute atomic E-state index is 9.68. The summed E-state index contributed by atoms with van der Waals surface area (Å²) in [5, 5.41) is 16.3. The van der Waals surface area contributed by atoms with Crippen LogP contribution in [0.5, 0.6) is 0 Å². The van der Waals surface area contributed by atoms with Crippen molar-refractivity contribution in [3.63, 3.8) is 0 Å². The minimum Gasteiger partial charge on any atom is -0.479 e. The third kappa shape index (κ3) is 6.20. The molecule has 0 aliphatic rings. The van der Waals surface area contributed by atoms with Gasteiger partial charge in [0, 0.05) is 0 Å². The normalized spacial score (nSPS) is 11.1. The first-order chi connectivity index (χ1) is 6.57. The Morgan fingerprint density at radius 2 is 1.86 bits per heavy atom. The van der Waals surface area contributed by atoms with Crippen molar-refractivity contribution in [2.45, 2.75) is 26.4 Å². The van der Waals surface area contributed by atoms with E-state index in [1.54, 1.807) is 6.92 Å². The van der Waals surface area contributed by atoms with E-state index in [4.69, 9.17) is 10.2 Å². The zero-order chi connectivity index (χ0) is 11.0. The average molecular weight is 196 g/mol. The van der Waals surface area contributed by atoms with E-state index in [0.29, 0.717) is 0 Å². The third-order valence-electron chi connectivity index (χ3n) is 1.61. The Hall–Kier alpha value is -1.35. The van der Waals surface area contributed by atoms with Crippen molar-refractivity contribution in [2.24, 2.45) is 0 Å². The number of aliphatic carboxylic acids is 1. The monoisotopic (exact) mass is 196 g/mol. The lowest BCUT2D eigenvalue weighted by Gasteiger charge is -1.95. The van der Waals surface area contributed by atoms with Crippen molar-refractivity contribution in [2.75, 3.05) is 0 Å². The standard InChI is InChI=1S/C7H8.C4H8O3/c1-7-5-3-2-4-6-7;1-2-3(5)4(6)7/h2-6H,1H3;3,5H,2H2,1H3,(H,6,7). The molecule has 0 fully saturated rings. The van der Waals surface area contributed by atoms with Crippen LogP contribution in [0.4, 0.5) is 0 Å². The molecule has 0 radical (unpaired) electrons. The highest BCUT2D eigenvalue weighted by atomic mass is 16.4. The molecular formula is C11H16O3. The van der Waals surface area contributed by atoms with E-state index in [1.807, 2.05) is 18.2 Å². The second-order valence-electron chi connectivity index (χ2n) is 2.92. The van der Waals surface area contributed by atoms with E-state index in [1.165, 1.54) is 5.56 Å². The highest BCUT2D eigenvalue weighted by molar-refractivity contribution is 5.71. The van der Waals surface area contributed by atoms with Crippen LogP contribution in [0.3, 0.4) is 0 Å². The first kappa shape index (κ1) is 12.7. The van der Waals surface area contributed by atoms with Crippen LogP contribution in [-0.2, 0) is 4.79 Å². The van der Waals surface area contributed by atoms with E-state index >= 15 is 0 Å². The SMILES string of the molecule is CCC(O)C(=O)O.Cc1ccccc1. The van der Waals surface area contributed by atoms with Gasteiger partial charge in [0.15, 0.2) is 6.10 Å². The van der Waals surface area contributed by atoms with Crippen LogP contribution in [0.1, 0.15) is 18.9 Å². The predicted octanol–water partition coefficient (Wildman–Crippen LogP) is 1.84. The number of aryl methyl sites for hydroxylation is 1. The lowest BCUT2D eigenvalue weighted by Crippen LogP contribution is -2.17. The molecular weight excluding hydrogens is 180 g/mol. The van der Waals surface area contributed by atoms with Gasteiger partial charge in [0.1, 0.15) is 0 Å². The Morgan fingerprint density at radius 3 is 2.00 bits per heavy atom. The Labute approximate surface area is 84.0 Å². The van der Waals surface area contributed by atoms with Crippen molar-refractivity contribution >= 4 is 5.97 Å². The molecule has 0 aromatic heterocycles. The van der Waals surface area contributed by atoms with E-state index in [0.717, 1.165) is 0 Å². The number of benzene rings is 1. The molecule has 0 aliphatic carbocycles. The largest absolute Gasteiger partial charge is 0.479 e. The highest BCUT2D eigenvalue weighted by Crippen LogP contribution is 1.92. The minimum atomic E-state index is -1.18. The molecule has 1 unspecified atom stereocenters. The molecule has 1 aromatic rings. The number of carboxylic acids is 1. The average Bonchev–Trinajstić information content (AvgIpc) is 2.18. The van der Waals surface area contributed by atoms with Crippen molar-refractivity contribution in [1.82, 2.24) is 0 Å². The van der Waals surface area contributed by atoms with Crippen molar-refractivity contribution in [3.8, 4) is 0 Å². The first-order valence-corrected chi connectivity index (χ1v) is 4.50. The van der Waals surface area contributed by atoms with Crippen LogP contribution in [-0.4, -0.2) is 22.3 Å². The van der Waals surface area contributed by atoms with Gasteiger partial charge in [0.2, 0.25) is 0 Å². The molecule has 14 heavy (non-hydrogen) atoms. The fraction of sp³-hybridized carbons (Fsp3) is 0.364. The second-order valence-corrected chi connectivity index (χ2v) is 2.92. The van der Waals surface area contributed by atoms with Gasteiger partial charge in [-0.3, -0.25) is 0 Å².